The van der Waals surface area contributed by atoms with Crippen LogP contribution >= 0.6 is 48.2 Å². The minimum absolute atomic E-state index is 1.18. The fraction of sp³-hybridized carbons (Fsp3) is 1.00. The number of hydrogen-bond acceptors (Lipinski definition) is 18. The van der Waals surface area contributed by atoms with Gasteiger partial charge in [0, 0.05) is 0 Å². The second kappa shape index (κ2) is 20.5. The highest BCUT2D eigenvalue weighted by atomic mass is 32.2. The van der Waals surface area contributed by atoms with Gasteiger partial charge in [0.1, 0.15) is 48.2 Å². The third-order valence-electron chi connectivity index (χ3n) is 2.14. The normalized spacial score (nSPS) is 13.5. The van der Waals surface area contributed by atoms with Crippen LogP contribution in [0.25, 0.3) is 0 Å². The Kier molecular flexibility index (Phi) is 21.3. The molecule has 0 aliphatic carbocycles. The summed E-state index contributed by atoms with van der Waals surface area (Å²) in [6, 6.07) is 0. The van der Waals surface area contributed by atoms with Gasteiger partial charge in [-0.05, 0) is 13.1 Å². The van der Waals surface area contributed by atoms with Crippen molar-refractivity contribution >= 4 is 95.6 Å². The molecule has 0 aliphatic heterocycles. The van der Waals surface area contributed by atoms with Gasteiger partial charge < -0.3 is 6.96 Å². The molecule has 0 unspecified atom stereocenters. The van der Waals surface area contributed by atoms with E-state index in [1.54, 1.807) is 0 Å². The second-order valence-electron chi connectivity index (χ2n) is 4.97. The van der Waals surface area contributed by atoms with Gasteiger partial charge in [-0.3, -0.25) is 15.8 Å². The van der Waals surface area contributed by atoms with Gasteiger partial charge in [0.25, 0.3) is 0 Å². The molecule has 0 bridgehead atoms. The Bertz CT molecular complexity index is 575. The molecule has 236 valence electrons. The van der Waals surface area contributed by atoms with E-state index in [1.165, 1.54) is 13.1 Å². The molecule has 14 nitrogen and oxygen atoms in total. The lowest BCUT2D eigenvalue weighted by atomic mass is 11.6. The quantitative estimate of drug-likeness (QED) is 0.0364. The average molecular weight is 768 g/mol. The fourth-order valence-corrected chi connectivity index (χ4v) is 11.2. The van der Waals surface area contributed by atoms with E-state index >= 15 is 0 Å². The molecule has 2 radical (unpaired) electrons. The van der Waals surface area contributed by atoms with Crippen molar-refractivity contribution in [1.29, 1.82) is 0 Å². The standard InChI is InChI=1S/C2H6O2Si2.4CHF3O3S.2Al/c1-5(3)6(2)4;4*2-1(3,4)8-7-6-5;;/h1-2H3;4*5H;;/q-2;;;;;2*+3/p-4. The zero-order chi connectivity index (χ0) is 31.0. The van der Waals surface area contributed by atoms with E-state index in [0.29, 0.717) is 0 Å². The van der Waals surface area contributed by atoms with Crippen LogP contribution in [0.15, 0.2) is 0 Å². The van der Waals surface area contributed by atoms with E-state index in [2.05, 4.69) is 53.2 Å². The highest BCUT2D eigenvalue weighted by Gasteiger charge is 2.46. The van der Waals surface area contributed by atoms with Crippen LogP contribution in [-0.2, 0) is 60.2 Å². The van der Waals surface area contributed by atoms with Gasteiger partial charge in [0.05, 0.1) is 0 Å². The summed E-state index contributed by atoms with van der Waals surface area (Å²) in [5.41, 5.74) is -19.9. The summed E-state index contributed by atoms with van der Waals surface area (Å²) in [7, 11) is -5.04. The molecule has 0 aliphatic rings. The van der Waals surface area contributed by atoms with E-state index in [-0.39, 0.29) is 0 Å². The van der Waals surface area contributed by atoms with Crippen molar-refractivity contribution in [2.75, 3.05) is 0 Å². The van der Waals surface area contributed by atoms with Gasteiger partial charge in [-0.1, -0.05) is 20.2 Å². The largest absolute Gasteiger partial charge is 0.957 e. The van der Waals surface area contributed by atoms with Crippen molar-refractivity contribution in [2.24, 2.45) is 0 Å². The predicted molar refractivity (Wildman–Crippen MR) is 105 cm³/mol. The summed E-state index contributed by atoms with van der Waals surface area (Å²) >= 11 is -13.0. The molecular formula is C6H6Al2F12O14S4Si2. The Labute approximate surface area is 242 Å². The first kappa shape index (κ1) is 41.5. The minimum Gasteiger partial charge on any atom is -0.497 e. The van der Waals surface area contributed by atoms with Crippen LogP contribution in [0.4, 0.5) is 52.7 Å². The van der Waals surface area contributed by atoms with Gasteiger partial charge in [-0.15, -0.1) is 17.3 Å². The zero-order valence-corrected chi connectivity index (χ0v) is 25.6. The van der Waals surface area contributed by atoms with E-state index in [9.17, 15) is 52.7 Å². The first-order valence-electron chi connectivity index (χ1n) is 8.16. The first-order valence-corrected chi connectivity index (χ1v) is 18.8. The lowest BCUT2D eigenvalue weighted by Gasteiger charge is -2.21. The Morgan fingerprint density at radius 1 is 0.425 bits per heavy atom. The van der Waals surface area contributed by atoms with Gasteiger partial charge >= 0.3 is 52.3 Å². The predicted octanol–water partition coefficient (Wildman–Crippen LogP) is 5.50. The summed E-state index contributed by atoms with van der Waals surface area (Å²) in [6.45, 7) is 2.36. The Balaban J connectivity index is 5.02. The molecule has 0 saturated heterocycles. The average Bonchev–Trinajstić information content (AvgIpc) is 2.76. The van der Waals surface area contributed by atoms with Crippen LogP contribution in [0.2, 0.25) is 13.1 Å². The van der Waals surface area contributed by atoms with Crippen molar-refractivity contribution in [3.05, 3.63) is 0 Å². The van der Waals surface area contributed by atoms with Crippen LogP contribution in [0, 0.1) is 0 Å². The van der Waals surface area contributed by atoms with Gasteiger partial charge in [-0.2, -0.15) is 52.7 Å². The maximum absolute atomic E-state index is 12.0. The molecule has 0 aromatic heterocycles. The molecule has 0 N–H and O–H groups in total. The molecule has 0 heterocycles. The molecular weight excluding hydrogens is 762 g/mol. The van der Waals surface area contributed by atoms with Crippen LogP contribution in [0.1, 0.15) is 0 Å². The highest BCUT2D eigenvalue weighted by Crippen LogP contribution is 2.33. The van der Waals surface area contributed by atoms with Crippen molar-refractivity contribution in [2.45, 2.75) is 35.1 Å². The SMILES string of the molecule is C[Si]([O][Al]([O]OOSC(F)(F)F)[O]OOSC(F)(F)F)[Si](C)[O][Al]([O]OOSC(F)(F)F)[O]OOSC(F)(F)F. The van der Waals surface area contributed by atoms with Gasteiger partial charge in [0.2, 0.25) is 0 Å². The number of halogens is 12. The first-order chi connectivity index (χ1) is 18.2. The van der Waals surface area contributed by atoms with E-state index in [4.69, 9.17) is 6.96 Å². The van der Waals surface area contributed by atoms with Crippen molar-refractivity contribution in [1.82, 2.24) is 0 Å². The third kappa shape index (κ3) is 28.3. The Morgan fingerprint density at radius 3 is 0.800 bits per heavy atom. The molecule has 0 saturated carbocycles. The van der Waals surface area contributed by atoms with Crippen LogP contribution < -0.4 is 0 Å². The Morgan fingerprint density at radius 2 is 0.625 bits per heavy atom. The smallest absolute Gasteiger partial charge is 0.497 e. The van der Waals surface area contributed by atoms with Crippen LogP contribution in [0.3, 0.4) is 0 Å². The molecule has 34 heteroatoms. The summed E-state index contributed by atoms with van der Waals surface area (Å²) in [5.74, 6) is 0. The Hall–Kier alpha value is 1.50. The van der Waals surface area contributed by atoms with Crippen LogP contribution in [0.5, 0.6) is 0 Å². The third-order valence-corrected chi connectivity index (χ3v) is 14.8. The molecule has 0 fully saturated rings. The topological polar surface area (TPSA) is 129 Å². The molecule has 0 aromatic carbocycles. The van der Waals surface area contributed by atoms with E-state index < -0.39 is 118 Å². The molecule has 40 heavy (non-hydrogen) atoms. The minimum atomic E-state index is -4.98. The lowest BCUT2D eigenvalue weighted by Crippen LogP contribution is -2.46. The fourth-order valence-electron chi connectivity index (χ4n) is 0.968. The molecule has 0 atom stereocenters. The van der Waals surface area contributed by atoms with Gasteiger partial charge in [0.15, 0.2) is 17.1 Å². The summed E-state index contributed by atoms with van der Waals surface area (Å²) in [4.78, 5) is 0. The number of hydrogen-bond donors (Lipinski definition) is 0. The maximum atomic E-state index is 12.0. The monoisotopic (exact) mass is 768 g/mol. The highest BCUT2D eigenvalue weighted by molar-refractivity contribution is 7.96. The number of alkyl halides is 12. The molecule has 0 aromatic rings. The van der Waals surface area contributed by atoms with Crippen molar-refractivity contribution in [3.63, 3.8) is 0 Å². The van der Waals surface area contributed by atoms with E-state index in [0.717, 1.165) is 0 Å². The number of rotatable bonds is 21. The molecule has 0 spiro atoms. The maximum Gasteiger partial charge on any atom is 0.957 e. The summed E-state index contributed by atoms with van der Waals surface area (Å²) < 4.78 is 186. The van der Waals surface area contributed by atoms with Gasteiger partial charge in [-0.25, -0.2) is 0 Å². The molecule has 0 amide bonds. The zero-order valence-electron chi connectivity index (χ0n) is 18.0. The van der Waals surface area contributed by atoms with Crippen LogP contribution in [-0.4, -0.2) is 69.4 Å². The van der Waals surface area contributed by atoms with Crippen molar-refractivity contribution < 1.29 is 113 Å². The summed E-state index contributed by atoms with van der Waals surface area (Å²) in [5, 5.41) is 14.8. The molecule has 0 rings (SSSR count). The summed E-state index contributed by atoms with van der Waals surface area (Å²) in [6.07, 6.45) is 0. The second-order valence-corrected chi connectivity index (χ2v) is 18.3. The lowest BCUT2D eigenvalue weighted by molar-refractivity contribution is -0.465. The van der Waals surface area contributed by atoms with E-state index in [1.807, 2.05) is 0 Å². The van der Waals surface area contributed by atoms with Crippen molar-refractivity contribution in [3.8, 4) is 0 Å².